The van der Waals surface area contributed by atoms with Gasteiger partial charge >= 0.3 is 0 Å². The maximum atomic E-state index is 13.5. The summed E-state index contributed by atoms with van der Waals surface area (Å²) in [4.78, 5) is -0.695. The van der Waals surface area contributed by atoms with E-state index in [1.807, 2.05) is 12.1 Å². The first kappa shape index (κ1) is 16.1. The Morgan fingerprint density at radius 3 is 2.24 bits per heavy atom. The highest BCUT2D eigenvalue weighted by molar-refractivity contribution is 9.08. The van der Waals surface area contributed by atoms with Crippen molar-refractivity contribution in [3.8, 4) is 0 Å². The summed E-state index contributed by atoms with van der Waals surface area (Å²) in [7, 11) is -4.10. The van der Waals surface area contributed by atoms with Crippen molar-refractivity contribution in [1.82, 2.24) is 4.72 Å². The van der Waals surface area contributed by atoms with Crippen molar-refractivity contribution in [2.75, 3.05) is 0 Å². The summed E-state index contributed by atoms with van der Waals surface area (Å²) in [6.45, 7) is 0.000846. The maximum Gasteiger partial charge on any atom is 0.243 e. The standard InChI is InChI=1S/C14H12BrF2NO2S/c15-8-10-1-3-11(4-2-10)9-18-21(19,20)14-7-12(16)5-6-13(14)17/h1-7,18H,8-9H2. The minimum atomic E-state index is -4.10. The van der Waals surface area contributed by atoms with E-state index < -0.39 is 26.6 Å². The molecule has 0 saturated heterocycles. The fraction of sp³-hybridized carbons (Fsp3) is 0.143. The third-order valence-electron chi connectivity index (χ3n) is 2.83. The molecule has 0 heterocycles. The van der Waals surface area contributed by atoms with Gasteiger partial charge in [0.2, 0.25) is 10.0 Å². The first-order chi connectivity index (χ1) is 9.92. The van der Waals surface area contributed by atoms with Crippen LogP contribution in [0.3, 0.4) is 0 Å². The van der Waals surface area contributed by atoms with Crippen LogP contribution in [0.25, 0.3) is 0 Å². The number of hydrogen-bond acceptors (Lipinski definition) is 2. The third-order valence-corrected chi connectivity index (χ3v) is 4.89. The van der Waals surface area contributed by atoms with Crippen LogP contribution >= 0.6 is 15.9 Å². The molecule has 0 atom stereocenters. The van der Waals surface area contributed by atoms with E-state index in [0.29, 0.717) is 11.4 Å². The fourth-order valence-corrected chi connectivity index (χ4v) is 3.16. The summed E-state index contributed by atoms with van der Waals surface area (Å²) in [5.74, 6) is -1.79. The molecule has 21 heavy (non-hydrogen) atoms. The number of alkyl halides is 1. The van der Waals surface area contributed by atoms with Gasteiger partial charge in [-0.05, 0) is 29.3 Å². The summed E-state index contributed by atoms with van der Waals surface area (Å²) in [5, 5.41) is 0.702. The van der Waals surface area contributed by atoms with E-state index in [2.05, 4.69) is 20.7 Å². The molecule has 0 aliphatic rings. The number of rotatable bonds is 5. The highest BCUT2D eigenvalue weighted by Crippen LogP contribution is 2.16. The van der Waals surface area contributed by atoms with Crippen LogP contribution in [0.15, 0.2) is 47.4 Å². The Morgan fingerprint density at radius 1 is 1.00 bits per heavy atom. The Balaban J connectivity index is 2.15. The summed E-state index contributed by atoms with van der Waals surface area (Å²) in [6.07, 6.45) is 0. The van der Waals surface area contributed by atoms with E-state index in [0.717, 1.165) is 23.3 Å². The smallest absolute Gasteiger partial charge is 0.207 e. The number of hydrogen-bond donors (Lipinski definition) is 1. The highest BCUT2D eigenvalue weighted by Gasteiger charge is 2.19. The number of halogens is 3. The average molecular weight is 376 g/mol. The van der Waals surface area contributed by atoms with Crippen molar-refractivity contribution in [2.45, 2.75) is 16.8 Å². The monoisotopic (exact) mass is 375 g/mol. The lowest BCUT2D eigenvalue weighted by Gasteiger charge is -2.08. The molecule has 3 nitrogen and oxygen atoms in total. The Hall–Kier alpha value is -1.31. The number of benzene rings is 2. The fourth-order valence-electron chi connectivity index (χ4n) is 1.69. The molecule has 2 aromatic carbocycles. The highest BCUT2D eigenvalue weighted by atomic mass is 79.9. The van der Waals surface area contributed by atoms with Crippen molar-refractivity contribution in [2.24, 2.45) is 0 Å². The third kappa shape index (κ3) is 4.09. The first-order valence-corrected chi connectivity index (χ1v) is 8.61. The molecular weight excluding hydrogens is 364 g/mol. The van der Waals surface area contributed by atoms with Gasteiger partial charge in [0.05, 0.1) is 0 Å². The molecule has 0 amide bonds. The topological polar surface area (TPSA) is 46.2 Å². The molecule has 1 N–H and O–H groups in total. The van der Waals surface area contributed by atoms with Crippen LogP contribution in [-0.4, -0.2) is 8.42 Å². The molecule has 2 aromatic rings. The van der Waals surface area contributed by atoms with Crippen LogP contribution in [0.4, 0.5) is 8.78 Å². The Morgan fingerprint density at radius 2 is 1.62 bits per heavy atom. The van der Waals surface area contributed by atoms with E-state index in [-0.39, 0.29) is 6.54 Å². The summed E-state index contributed by atoms with van der Waals surface area (Å²) in [6, 6.07) is 9.54. The van der Waals surface area contributed by atoms with E-state index in [9.17, 15) is 17.2 Å². The van der Waals surface area contributed by atoms with Crippen LogP contribution in [0, 0.1) is 11.6 Å². The van der Waals surface area contributed by atoms with Crippen molar-refractivity contribution >= 4 is 26.0 Å². The van der Waals surface area contributed by atoms with Gasteiger partial charge in [-0.25, -0.2) is 21.9 Å². The van der Waals surface area contributed by atoms with Gasteiger partial charge in [-0.2, -0.15) is 0 Å². The summed E-state index contributed by atoms with van der Waals surface area (Å²) in [5.41, 5.74) is 1.78. The van der Waals surface area contributed by atoms with Crippen molar-refractivity contribution in [1.29, 1.82) is 0 Å². The number of sulfonamides is 1. The van der Waals surface area contributed by atoms with E-state index in [1.165, 1.54) is 0 Å². The normalized spacial score (nSPS) is 11.6. The van der Waals surface area contributed by atoms with Gasteiger partial charge in [0.25, 0.3) is 0 Å². The van der Waals surface area contributed by atoms with Crippen molar-refractivity contribution in [3.05, 3.63) is 65.2 Å². The zero-order chi connectivity index (χ0) is 15.5. The molecule has 0 unspecified atom stereocenters. The molecule has 0 aliphatic carbocycles. The van der Waals surface area contributed by atoms with E-state index in [4.69, 9.17) is 0 Å². The SMILES string of the molecule is O=S(=O)(NCc1ccc(CBr)cc1)c1cc(F)ccc1F. The molecule has 0 spiro atoms. The van der Waals surface area contributed by atoms with E-state index >= 15 is 0 Å². The summed E-state index contributed by atoms with van der Waals surface area (Å²) < 4.78 is 52.8. The zero-order valence-electron chi connectivity index (χ0n) is 10.8. The van der Waals surface area contributed by atoms with Gasteiger partial charge in [0, 0.05) is 11.9 Å². The predicted molar refractivity (Wildman–Crippen MR) is 79.5 cm³/mol. The van der Waals surface area contributed by atoms with Gasteiger partial charge in [-0.3, -0.25) is 0 Å². The van der Waals surface area contributed by atoms with Gasteiger partial charge in [0.15, 0.2) is 0 Å². The van der Waals surface area contributed by atoms with Gasteiger partial charge in [0.1, 0.15) is 16.5 Å². The molecular formula is C14H12BrF2NO2S. The van der Waals surface area contributed by atoms with Gasteiger partial charge < -0.3 is 0 Å². The van der Waals surface area contributed by atoms with Crippen molar-refractivity contribution in [3.63, 3.8) is 0 Å². The Kier molecular flexibility index (Phi) is 5.08. The first-order valence-electron chi connectivity index (χ1n) is 6.01. The Labute approximate surface area is 130 Å². The largest absolute Gasteiger partial charge is 0.243 e. The maximum absolute atomic E-state index is 13.5. The van der Waals surface area contributed by atoms with Crippen LogP contribution in [0.2, 0.25) is 0 Å². The second-order valence-corrected chi connectivity index (χ2v) is 6.65. The molecule has 0 aliphatic heterocycles. The van der Waals surface area contributed by atoms with Crippen molar-refractivity contribution < 1.29 is 17.2 Å². The van der Waals surface area contributed by atoms with Gasteiger partial charge in [-0.15, -0.1) is 0 Å². The lowest BCUT2D eigenvalue weighted by atomic mass is 10.2. The van der Waals surface area contributed by atoms with E-state index in [1.54, 1.807) is 12.1 Å². The molecule has 0 radical (unpaired) electrons. The Bertz CT molecular complexity index is 733. The number of nitrogens with one attached hydrogen (secondary N) is 1. The molecule has 0 saturated carbocycles. The quantitative estimate of drug-likeness (QED) is 0.814. The molecule has 2 rings (SSSR count). The van der Waals surface area contributed by atoms with Gasteiger partial charge in [-0.1, -0.05) is 40.2 Å². The summed E-state index contributed by atoms with van der Waals surface area (Å²) >= 11 is 3.31. The second-order valence-electron chi connectivity index (χ2n) is 4.35. The molecule has 0 bridgehead atoms. The van der Waals surface area contributed by atoms with Crippen LogP contribution < -0.4 is 4.72 Å². The predicted octanol–water partition coefficient (Wildman–Crippen LogP) is 3.34. The second kappa shape index (κ2) is 6.64. The molecule has 0 aromatic heterocycles. The molecule has 7 heteroatoms. The average Bonchev–Trinajstić information content (AvgIpc) is 2.48. The molecule has 112 valence electrons. The molecule has 0 fully saturated rings. The zero-order valence-corrected chi connectivity index (χ0v) is 13.2. The lowest BCUT2D eigenvalue weighted by Crippen LogP contribution is -2.24. The van der Waals surface area contributed by atoms with Crippen LogP contribution in [0.1, 0.15) is 11.1 Å². The van der Waals surface area contributed by atoms with Crippen LogP contribution in [0.5, 0.6) is 0 Å². The lowest BCUT2D eigenvalue weighted by molar-refractivity contribution is 0.545. The minimum Gasteiger partial charge on any atom is -0.207 e. The van der Waals surface area contributed by atoms with Crippen LogP contribution in [-0.2, 0) is 21.9 Å². The minimum absolute atomic E-state index is 0.000846.